The number of nitrogens with zero attached hydrogens (tertiary/aromatic N) is 3. The Hall–Kier alpha value is -2.05. The third-order valence-electron chi connectivity index (χ3n) is 5.15. The van der Waals surface area contributed by atoms with Crippen molar-refractivity contribution in [3.05, 3.63) is 18.0 Å². The molecule has 7 heteroatoms. The molecule has 3 rings (SSSR count). The summed E-state index contributed by atoms with van der Waals surface area (Å²) in [5.41, 5.74) is 1.00. The third-order valence-corrected chi connectivity index (χ3v) is 5.15. The van der Waals surface area contributed by atoms with Gasteiger partial charge >= 0.3 is 6.03 Å². The number of hydrogen-bond donors (Lipinski definition) is 2. The number of H-pyrrole nitrogens is 1. The zero-order valence-electron chi connectivity index (χ0n) is 14.3. The maximum absolute atomic E-state index is 12.7. The molecule has 0 bridgehead atoms. The second kappa shape index (κ2) is 7.68. The molecule has 1 aromatic rings. The fourth-order valence-corrected chi connectivity index (χ4v) is 3.80. The van der Waals surface area contributed by atoms with E-state index in [-0.39, 0.29) is 18.0 Å². The molecule has 0 radical (unpaired) electrons. The van der Waals surface area contributed by atoms with E-state index in [9.17, 15) is 9.59 Å². The minimum atomic E-state index is -0.00533. The number of hydrogen-bond acceptors (Lipinski definition) is 3. The number of aromatic nitrogens is 2. The van der Waals surface area contributed by atoms with Gasteiger partial charge in [-0.1, -0.05) is 0 Å². The highest BCUT2D eigenvalue weighted by atomic mass is 16.2. The van der Waals surface area contributed by atoms with Gasteiger partial charge in [-0.25, -0.2) is 4.79 Å². The van der Waals surface area contributed by atoms with E-state index in [1.807, 2.05) is 15.9 Å². The molecular formula is C17H27N5O2. The first-order chi connectivity index (χ1) is 11.6. The Bertz CT molecular complexity index is 559. The standard InChI is InChI=1S/C17H27N5O2/c1-13(23)21-9-4-5-14(12-21)11-18-17(24)22-10-3-2-6-16(22)15-7-8-19-20-15/h7-8,14,16H,2-6,9-12H2,1H3,(H,18,24)(H,19,20). The van der Waals surface area contributed by atoms with Gasteiger partial charge in [0.25, 0.3) is 0 Å². The van der Waals surface area contributed by atoms with Crippen LogP contribution >= 0.6 is 0 Å². The molecule has 7 nitrogen and oxygen atoms in total. The highest BCUT2D eigenvalue weighted by molar-refractivity contribution is 5.75. The summed E-state index contributed by atoms with van der Waals surface area (Å²) >= 11 is 0. The molecule has 2 atom stereocenters. The summed E-state index contributed by atoms with van der Waals surface area (Å²) in [6.07, 6.45) is 6.95. The predicted octanol–water partition coefficient (Wildman–Crippen LogP) is 1.90. The van der Waals surface area contributed by atoms with Crippen molar-refractivity contribution in [3.63, 3.8) is 0 Å². The van der Waals surface area contributed by atoms with Crippen LogP contribution < -0.4 is 5.32 Å². The molecule has 1 aromatic heterocycles. The summed E-state index contributed by atoms with van der Waals surface area (Å²) in [6.45, 7) is 4.62. The number of likely N-dealkylation sites (tertiary alicyclic amines) is 2. The van der Waals surface area contributed by atoms with Gasteiger partial charge in [0.15, 0.2) is 0 Å². The van der Waals surface area contributed by atoms with Crippen molar-refractivity contribution in [1.82, 2.24) is 25.3 Å². The third kappa shape index (κ3) is 3.88. The summed E-state index contributed by atoms with van der Waals surface area (Å²) < 4.78 is 0. The van der Waals surface area contributed by atoms with Crippen molar-refractivity contribution < 1.29 is 9.59 Å². The maximum atomic E-state index is 12.7. The second-order valence-electron chi connectivity index (χ2n) is 6.88. The molecule has 2 aliphatic rings. The summed E-state index contributed by atoms with van der Waals surface area (Å²) in [4.78, 5) is 28.0. The number of carbonyl (C=O) groups excluding carboxylic acids is 2. The van der Waals surface area contributed by atoms with Crippen molar-refractivity contribution in [1.29, 1.82) is 0 Å². The molecule has 0 aliphatic carbocycles. The van der Waals surface area contributed by atoms with E-state index in [2.05, 4.69) is 15.5 Å². The first kappa shape index (κ1) is 16.8. The summed E-state index contributed by atoms with van der Waals surface area (Å²) in [7, 11) is 0. The second-order valence-corrected chi connectivity index (χ2v) is 6.88. The van der Waals surface area contributed by atoms with Crippen LogP contribution in [-0.4, -0.2) is 58.1 Å². The van der Waals surface area contributed by atoms with Crippen LogP contribution in [0.3, 0.4) is 0 Å². The van der Waals surface area contributed by atoms with E-state index in [1.165, 1.54) is 0 Å². The van der Waals surface area contributed by atoms with Crippen LogP contribution in [-0.2, 0) is 4.79 Å². The van der Waals surface area contributed by atoms with Gasteiger partial charge in [0.1, 0.15) is 0 Å². The van der Waals surface area contributed by atoms with Gasteiger partial charge in [-0.05, 0) is 44.1 Å². The molecule has 24 heavy (non-hydrogen) atoms. The van der Waals surface area contributed by atoms with Gasteiger partial charge in [0.2, 0.25) is 5.91 Å². The van der Waals surface area contributed by atoms with Crippen LogP contribution in [0.15, 0.2) is 12.3 Å². The molecule has 3 amide bonds. The van der Waals surface area contributed by atoms with E-state index in [0.717, 1.165) is 57.4 Å². The Morgan fingerprint density at radius 1 is 1.29 bits per heavy atom. The van der Waals surface area contributed by atoms with Crippen molar-refractivity contribution in [2.24, 2.45) is 5.92 Å². The normalized spacial score (nSPS) is 24.7. The molecule has 2 aliphatic heterocycles. The van der Waals surface area contributed by atoms with Crippen LogP contribution in [0.5, 0.6) is 0 Å². The number of nitrogens with one attached hydrogen (secondary N) is 2. The molecular weight excluding hydrogens is 306 g/mol. The maximum Gasteiger partial charge on any atom is 0.317 e. The Labute approximate surface area is 142 Å². The van der Waals surface area contributed by atoms with Crippen LogP contribution in [0, 0.1) is 5.92 Å². The number of rotatable bonds is 3. The Morgan fingerprint density at radius 3 is 2.92 bits per heavy atom. The molecule has 0 aromatic carbocycles. The number of urea groups is 1. The summed E-state index contributed by atoms with van der Waals surface area (Å²) in [6, 6.07) is 2.03. The van der Waals surface area contributed by atoms with E-state index in [4.69, 9.17) is 0 Å². The average Bonchev–Trinajstić information content (AvgIpc) is 3.14. The Morgan fingerprint density at radius 2 is 2.17 bits per heavy atom. The van der Waals surface area contributed by atoms with E-state index in [1.54, 1.807) is 13.1 Å². The van der Waals surface area contributed by atoms with Gasteiger partial charge in [-0.15, -0.1) is 0 Å². The smallest absolute Gasteiger partial charge is 0.317 e. The first-order valence-corrected chi connectivity index (χ1v) is 8.94. The topological polar surface area (TPSA) is 81.3 Å². The number of amides is 3. The zero-order valence-corrected chi connectivity index (χ0v) is 14.3. The van der Waals surface area contributed by atoms with E-state index in [0.29, 0.717) is 12.5 Å². The number of piperidine rings is 2. The molecule has 2 unspecified atom stereocenters. The monoisotopic (exact) mass is 333 g/mol. The lowest BCUT2D eigenvalue weighted by Gasteiger charge is -2.36. The molecule has 2 fully saturated rings. The number of aromatic amines is 1. The zero-order chi connectivity index (χ0) is 16.9. The summed E-state index contributed by atoms with van der Waals surface area (Å²) in [5, 5.41) is 10.1. The van der Waals surface area contributed by atoms with Gasteiger partial charge in [-0.2, -0.15) is 5.10 Å². The van der Waals surface area contributed by atoms with Gasteiger partial charge < -0.3 is 15.1 Å². The predicted molar refractivity (Wildman–Crippen MR) is 90.3 cm³/mol. The van der Waals surface area contributed by atoms with Crippen LogP contribution in [0.25, 0.3) is 0 Å². The first-order valence-electron chi connectivity index (χ1n) is 8.94. The van der Waals surface area contributed by atoms with E-state index >= 15 is 0 Å². The highest BCUT2D eigenvalue weighted by Crippen LogP contribution is 2.29. The fraction of sp³-hybridized carbons (Fsp3) is 0.706. The lowest BCUT2D eigenvalue weighted by molar-refractivity contribution is -0.130. The lowest BCUT2D eigenvalue weighted by atomic mass is 9.97. The quantitative estimate of drug-likeness (QED) is 0.886. The minimum Gasteiger partial charge on any atom is -0.343 e. The minimum absolute atomic E-state index is 0.00533. The SMILES string of the molecule is CC(=O)N1CCCC(CNC(=O)N2CCCCC2c2ccn[nH]2)C1. The van der Waals surface area contributed by atoms with Gasteiger partial charge in [0, 0.05) is 39.3 Å². The largest absolute Gasteiger partial charge is 0.343 e. The molecule has 2 saturated heterocycles. The number of carbonyl (C=O) groups is 2. The highest BCUT2D eigenvalue weighted by Gasteiger charge is 2.29. The molecule has 0 spiro atoms. The molecule has 0 saturated carbocycles. The van der Waals surface area contributed by atoms with Crippen molar-refractivity contribution in [2.45, 2.75) is 45.1 Å². The average molecular weight is 333 g/mol. The van der Waals surface area contributed by atoms with Crippen LogP contribution in [0.2, 0.25) is 0 Å². The lowest BCUT2D eigenvalue weighted by Crippen LogP contribution is -2.48. The van der Waals surface area contributed by atoms with Gasteiger partial charge in [0.05, 0.1) is 11.7 Å². The van der Waals surface area contributed by atoms with E-state index < -0.39 is 0 Å². The molecule has 3 heterocycles. The molecule has 2 N–H and O–H groups in total. The van der Waals surface area contributed by atoms with Gasteiger partial charge in [-0.3, -0.25) is 9.89 Å². The summed E-state index contributed by atoms with van der Waals surface area (Å²) in [5.74, 6) is 0.475. The Kier molecular flexibility index (Phi) is 5.37. The van der Waals surface area contributed by atoms with Crippen molar-refractivity contribution >= 4 is 11.9 Å². The van der Waals surface area contributed by atoms with Crippen molar-refractivity contribution in [2.75, 3.05) is 26.2 Å². The Balaban J connectivity index is 1.54. The van der Waals surface area contributed by atoms with Crippen LogP contribution in [0.1, 0.15) is 50.8 Å². The van der Waals surface area contributed by atoms with Crippen LogP contribution in [0.4, 0.5) is 4.79 Å². The van der Waals surface area contributed by atoms with Crippen molar-refractivity contribution in [3.8, 4) is 0 Å². The molecule has 132 valence electrons. The fourth-order valence-electron chi connectivity index (χ4n) is 3.80.